The zero-order chi connectivity index (χ0) is 13.7. The normalized spacial score (nSPS) is 23.2. The number of epoxide rings is 1. The molecule has 18 heavy (non-hydrogen) atoms. The van der Waals surface area contributed by atoms with Crippen molar-refractivity contribution in [2.75, 3.05) is 0 Å². The lowest BCUT2D eigenvalue weighted by Crippen LogP contribution is -2.21. The van der Waals surface area contributed by atoms with Gasteiger partial charge in [-0.25, -0.2) is 0 Å². The number of aromatic hydroxyl groups is 1. The van der Waals surface area contributed by atoms with Crippen LogP contribution in [0.3, 0.4) is 0 Å². The van der Waals surface area contributed by atoms with Crippen molar-refractivity contribution in [3.05, 3.63) is 22.3 Å². The SMILES string of the molecule is CC(C)(C)OC1OC1c1c(I)cc(I)c(O)c1I. The maximum atomic E-state index is 9.99. The van der Waals surface area contributed by atoms with Gasteiger partial charge in [-0.05, 0) is 94.6 Å². The van der Waals surface area contributed by atoms with Crippen LogP contribution >= 0.6 is 67.8 Å². The molecule has 1 N–H and O–H groups in total. The van der Waals surface area contributed by atoms with E-state index >= 15 is 0 Å². The van der Waals surface area contributed by atoms with E-state index < -0.39 is 0 Å². The second-order valence-corrected chi connectivity index (χ2v) is 8.47. The van der Waals surface area contributed by atoms with E-state index in [1.54, 1.807) is 0 Å². The molecule has 0 spiro atoms. The minimum atomic E-state index is -0.221. The average molecular weight is 586 g/mol. The first-order valence-electron chi connectivity index (χ1n) is 5.40. The third-order valence-electron chi connectivity index (χ3n) is 2.39. The van der Waals surface area contributed by atoms with Crippen LogP contribution in [-0.2, 0) is 9.47 Å². The van der Waals surface area contributed by atoms with Gasteiger partial charge in [0.2, 0.25) is 0 Å². The summed E-state index contributed by atoms with van der Waals surface area (Å²) in [6.07, 6.45) is -0.266. The van der Waals surface area contributed by atoms with Gasteiger partial charge in [0.15, 0.2) is 6.29 Å². The highest BCUT2D eigenvalue weighted by Gasteiger charge is 2.46. The fourth-order valence-corrected chi connectivity index (χ4v) is 5.58. The van der Waals surface area contributed by atoms with E-state index in [9.17, 15) is 5.11 Å². The predicted molar refractivity (Wildman–Crippen MR) is 94.7 cm³/mol. The van der Waals surface area contributed by atoms with Gasteiger partial charge in [0.25, 0.3) is 0 Å². The summed E-state index contributed by atoms with van der Waals surface area (Å²) in [4.78, 5) is 0. The number of phenolic OH excluding ortho intramolecular Hbond substituents is 1. The predicted octanol–water partition coefficient (Wildman–Crippen LogP) is 4.42. The molecule has 0 aromatic heterocycles. The Bertz CT molecular complexity index is 482. The Morgan fingerprint density at radius 1 is 1.22 bits per heavy atom. The maximum absolute atomic E-state index is 9.99. The Balaban J connectivity index is 2.25. The number of hydrogen-bond acceptors (Lipinski definition) is 3. The lowest BCUT2D eigenvalue weighted by Gasteiger charge is -2.17. The highest BCUT2D eigenvalue weighted by atomic mass is 127. The van der Waals surface area contributed by atoms with Crippen LogP contribution in [0.15, 0.2) is 6.07 Å². The molecule has 1 aromatic rings. The molecule has 6 heteroatoms. The monoisotopic (exact) mass is 586 g/mol. The van der Waals surface area contributed by atoms with Crippen LogP contribution in [0.5, 0.6) is 5.75 Å². The lowest BCUT2D eigenvalue weighted by atomic mass is 10.1. The van der Waals surface area contributed by atoms with Gasteiger partial charge in [-0.1, -0.05) is 0 Å². The highest BCUT2D eigenvalue weighted by molar-refractivity contribution is 14.1. The highest BCUT2D eigenvalue weighted by Crippen LogP contribution is 2.47. The molecule has 0 bridgehead atoms. The van der Waals surface area contributed by atoms with Gasteiger partial charge in [-0.2, -0.15) is 0 Å². The Kier molecular flexibility index (Phi) is 4.73. The summed E-state index contributed by atoms with van der Waals surface area (Å²) in [7, 11) is 0. The molecule has 0 saturated carbocycles. The Hall–Kier alpha value is 1.13. The molecule has 1 aliphatic heterocycles. The van der Waals surface area contributed by atoms with Crippen LogP contribution in [0.1, 0.15) is 32.4 Å². The summed E-state index contributed by atoms with van der Waals surface area (Å²) < 4.78 is 14.2. The van der Waals surface area contributed by atoms with Crippen molar-refractivity contribution in [3.8, 4) is 5.75 Å². The van der Waals surface area contributed by atoms with Crippen molar-refractivity contribution >= 4 is 67.8 Å². The number of hydrogen-bond donors (Lipinski definition) is 1. The molecule has 2 atom stereocenters. The lowest BCUT2D eigenvalue weighted by molar-refractivity contribution is -0.0570. The van der Waals surface area contributed by atoms with Crippen molar-refractivity contribution in [1.29, 1.82) is 0 Å². The van der Waals surface area contributed by atoms with Gasteiger partial charge in [0, 0.05) is 9.13 Å². The summed E-state index contributed by atoms with van der Waals surface area (Å²) in [5.41, 5.74) is 0.810. The van der Waals surface area contributed by atoms with Gasteiger partial charge in [-0.15, -0.1) is 0 Å². The fourth-order valence-electron chi connectivity index (χ4n) is 1.60. The molecule has 0 amide bonds. The molecule has 0 radical (unpaired) electrons. The summed E-state index contributed by atoms with van der Waals surface area (Å²) in [6, 6.07) is 1.96. The van der Waals surface area contributed by atoms with Crippen molar-refractivity contribution in [2.24, 2.45) is 0 Å². The number of rotatable bonds is 2. The van der Waals surface area contributed by atoms with Crippen molar-refractivity contribution in [2.45, 2.75) is 38.8 Å². The van der Waals surface area contributed by atoms with E-state index in [-0.39, 0.29) is 18.0 Å². The molecule has 1 fully saturated rings. The fraction of sp³-hybridized carbons (Fsp3) is 0.500. The molecule has 3 nitrogen and oxygen atoms in total. The first-order chi connectivity index (χ1) is 8.20. The molecule has 0 aliphatic carbocycles. The minimum absolute atomic E-state index is 0.0640. The number of phenols is 1. The number of halogens is 3. The van der Waals surface area contributed by atoms with Gasteiger partial charge in [0.05, 0.1) is 12.7 Å². The largest absolute Gasteiger partial charge is 0.506 e. The summed E-state index contributed by atoms with van der Waals surface area (Å²) in [5.74, 6) is 0.330. The number of ether oxygens (including phenoxy) is 2. The van der Waals surface area contributed by atoms with E-state index in [0.717, 1.165) is 16.3 Å². The van der Waals surface area contributed by atoms with E-state index in [2.05, 4.69) is 67.8 Å². The van der Waals surface area contributed by atoms with Crippen molar-refractivity contribution in [3.63, 3.8) is 0 Å². The topological polar surface area (TPSA) is 42.0 Å². The summed E-state index contributed by atoms with van der Waals surface area (Å²) in [5, 5.41) is 9.99. The van der Waals surface area contributed by atoms with E-state index in [1.807, 2.05) is 26.8 Å². The smallest absolute Gasteiger partial charge is 0.189 e. The van der Waals surface area contributed by atoms with Crippen LogP contribution in [0.2, 0.25) is 0 Å². The molecule has 2 unspecified atom stereocenters. The zero-order valence-corrected chi connectivity index (χ0v) is 16.6. The van der Waals surface area contributed by atoms with Crippen LogP contribution in [0.4, 0.5) is 0 Å². The van der Waals surface area contributed by atoms with Gasteiger partial charge in [0.1, 0.15) is 11.9 Å². The quantitative estimate of drug-likeness (QED) is 0.413. The molecular formula is C12H13I3O3. The second-order valence-electron chi connectivity index (χ2n) is 5.07. The molecule has 1 aliphatic rings. The van der Waals surface area contributed by atoms with Gasteiger partial charge in [-0.3, -0.25) is 0 Å². The Morgan fingerprint density at radius 3 is 2.39 bits per heavy atom. The first-order valence-corrected chi connectivity index (χ1v) is 8.64. The Morgan fingerprint density at radius 2 is 1.83 bits per heavy atom. The van der Waals surface area contributed by atoms with Crippen molar-refractivity contribution in [1.82, 2.24) is 0 Å². The van der Waals surface area contributed by atoms with Crippen LogP contribution in [0, 0.1) is 10.7 Å². The standard InChI is InChI=1S/C12H13I3O3/c1-12(2,3)18-11-10(17-11)7-5(13)4-6(14)9(16)8(7)15/h4,10-11,16H,1-3H3. The van der Waals surface area contributed by atoms with Crippen LogP contribution in [-0.4, -0.2) is 17.0 Å². The molecule has 1 aromatic carbocycles. The molecule has 1 heterocycles. The molecular weight excluding hydrogens is 573 g/mol. The molecule has 2 rings (SSSR count). The summed E-state index contributed by atoms with van der Waals surface area (Å²) >= 11 is 6.57. The third kappa shape index (κ3) is 3.41. The van der Waals surface area contributed by atoms with Crippen LogP contribution in [0.25, 0.3) is 0 Å². The molecule has 100 valence electrons. The average Bonchev–Trinajstić information content (AvgIpc) is 2.91. The third-order valence-corrected chi connectivity index (χ3v) is 5.19. The minimum Gasteiger partial charge on any atom is -0.506 e. The Labute approximate surface area is 147 Å². The van der Waals surface area contributed by atoms with E-state index in [0.29, 0.717) is 5.75 Å². The maximum Gasteiger partial charge on any atom is 0.189 e. The molecule has 1 saturated heterocycles. The second kappa shape index (κ2) is 5.49. The van der Waals surface area contributed by atoms with E-state index in [1.165, 1.54) is 0 Å². The zero-order valence-electron chi connectivity index (χ0n) is 10.1. The van der Waals surface area contributed by atoms with Gasteiger partial charge >= 0.3 is 0 Å². The first kappa shape index (κ1) is 15.5. The number of benzene rings is 1. The van der Waals surface area contributed by atoms with Crippen molar-refractivity contribution < 1.29 is 14.6 Å². The summed E-state index contributed by atoms with van der Waals surface area (Å²) in [6.45, 7) is 6.02. The van der Waals surface area contributed by atoms with E-state index in [4.69, 9.17) is 9.47 Å². The van der Waals surface area contributed by atoms with Crippen LogP contribution < -0.4 is 0 Å². The van der Waals surface area contributed by atoms with Gasteiger partial charge < -0.3 is 14.6 Å².